The Morgan fingerprint density at radius 3 is 2.52 bits per heavy atom. The fraction of sp³-hybridized carbons (Fsp3) is 0.500. The Hall–Kier alpha value is -1.44. The predicted molar refractivity (Wildman–Crippen MR) is 87.4 cm³/mol. The molecule has 1 aliphatic carbocycles. The smallest absolute Gasteiger partial charge is 0.240 e. The average molecular weight is 342 g/mol. The molecule has 1 saturated carbocycles. The third-order valence-corrected chi connectivity index (χ3v) is 5.31. The number of hydrogen-bond acceptors (Lipinski definition) is 4. The maximum Gasteiger partial charge on any atom is 0.240 e. The second-order valence-corrected chi connectivity index (χ2v) is 7.32. The van der Waals surface area contributed by atoms with Crippen molar-refractivity contribution in [2.75, 3.05) is 13.2 Å². The van der Waals surface area contributed by atoms with Gasteiger partial charge in [-0.3, -0.25) is 0 Å². The Morgan fingerprint density at radius 2 is 1.91 bits per heavy atom. The van der Waals surface area contributed by atoms with E-state index in [1.165, 1.54) is 36.8 Å². The minimum Gasteiger partial charge on any atom is -0.487 e. The molecule has 0 bridgehead atoms. The molecule has 0 radical (unpaired) electrons. The van der Waals surface area contributed by atoms with Crippen LogP contribution in [0.2, 0.25) is 0 Å². The summed E-state index contributed by atoms with van der Waals surface area (Å²) in [5.74, 6) is -0.0506. The molecule has 3 N–H and O–H groups in total. The number of nitrogens with one attached hydrogen (secondary N) is 1. The summed E-state index contributed by atoms with van der Waals surface area (Å²) in [5, 5.41) is 0. The van der Waals surface area contributed by atoms with Gasteiger partial charge in [0.15, 0.2) is 0 Å². The van der Waals surface area contributed by atoms with E-state index in [2.05, 4.69) is 4.72 Å². The molecule has 0 atom stereocenters. The van der Waals surface area contributed by atoms with Crippen LogP contribution in [0.3, 0.4) is 0 Å². The molecule has 0 unspecified atom stereocenters. The zero-order chi connectivity index (χ0) is 16.7. The highest BCUT2D eigenvalue weighted by Gasteiger charge is 2.21. The zero-order valence-electron chi connectivity index (χ0n) is 13.0. The van der Waals surface area contributed by atoms with Crippen LogP contribution in [0.25, 0.3) is 0 Å². The molecule has 1 fully saturated rings. The molecular formula is C16H23FN2O3S. The monoisotopic (exact) mass is 342 g/mol. The van der Waals surface area contributed by atoms with Crippen LogP contribution in [0, 0.1) is 0 Å². The molecule has 0 saturated heterocycles. The van der Waals surface area contributed by atoms with Crippen molar-refractivity contribution in [1.29, 1.82) is 0 Å². The second kappa shape index (κ2) is 8.42. The van der Waals surface area contributed by atoms with Crippen molar-refractivity contribution in [3.8, 4) is 5.75 Å². The van der Waals surface area contributed by atoms with Gasteiger partial charge >= 0.3 is 0 Å². The third-order valence-electron chi connectivity index (χ3n) is 3.78. The fourth-order valence-corrected chi connectivity index (χ4v) is 3.87. The van der Waals surface area contributed by atoms with E-state index in [0.717, 1.165) is 25.7 Å². The second-order valence-electron chi connectivity index (χ2n) is 5.60. The molecule has 1 aromatic rings. The van der Waals surface area contributed by atoms with Crippen LogP contribution in [0.15, 0.2) is 41.1 Å². The van der Waals surface area contributed by atoms with Gasteiger partial charge in [-0.05, 0) is 43.2 Å². The molecule has 0 amide bonds. The largest absolute Gasteiger partial charge is 0.487 e. The number of hydrogen-bond donors (Lipinski definition) is 2. The quantitative estimate of drug-likeness (QED) is 0.798. The maximum absolute atomic E-state index is 13.2. The summed E-state index contributed by atoms with van der Waals surface area (Å²) in [4.78, 5) is 0.188. The van der Waals surface area contributed by atoms with Gasteiger partial charge in [-0.25, -0.2) is 17.5 Å². The van der Waals surface area contributed by atoms with Crippen molar-refractivity contribution >= 4 is 10.0 Å². The first-order valence-corrected chi connectivity index (χ1v) is 9.29. The van der Waals surface area contributed by atoms with Crippen LogP contribution in [0.1, 0.15) is 32.1 Å². The fourth-order valence-electron chi connectivity index (χ4n) is 2.56. The van der Waals surface area contributed by atoms with Gasteiger partial charge in [0, 0.05) is 12.6 Å². The highest BCUT2D eigenvalue weighted by Crippen LogP contribution is 2.21. The van der Waals surface area contributed by atoms with E-state index in [1.807, 2.05) is 0 Å². The van der Waals surface area contributed by atoms with Crippen molar-refractivity contribution in [3.05, 3.63) is 36.2 Å². The van der Waals surface area contributed by atoms with Crippen molar-refractivity contribution in [3.63, 3.8) is 0 Å². The summed E-state index contributed by atoms with van der Waals surface area (Å²) >= 11 is 0. The van der Waals surface area contributed by atoms with Crippen LogP contribution in [0.4, 0.5) is 4.39 Å². The van der Waals surface area contributed by atoms with Gasteiger partial charge in [0.25, 0.3) is 0 Å². The van der Waals surface area contributed by atoms with Crippen molar-refractivity contribution in [2.24, 2.45) is 5.73 Å². The Bertz CT molecular complexity index is 623. The van der Waals surface area contributed by atoms with Crippen molar-refractivity contribution in [2.45, 2.75) is 43.0 Å². The summed E-state index contributed by atoms with van der Waals surface area (Å²) < 4.78 is 45.8. The standard InChI is InChI=1S/C16H23FN2O3S/c17-13(10-11-18)12-22-15-6-8-16(9-7-15)23(20,21)19-14-4-2-1-3-5-14/h6-10,14,19H,1-5,11-12,18H2. The molecule has 0 heterocycles. The lowest BCUT2D eigenvalue weighted by Gasteiger charge is -2.22. The molecule has 0 spiro atoms. The van der Waals surface area contributed by atoms with Gasteiger partial charge in [-0.2, -0.15) is 0 Å². The van der Waals surface area contributed by atoms with Gasteiger partial charge in [0.05, 0.1) is 4.90 Å². The zero-order valence-corrected chi connectivity index (χ0v) is 13.8. The normalized spacial score (nSPS) is 17.2. The molecule has 1 aliphatic rings. The van der Waals surface area contributed by atoms with Crippen molar-refractivity contribution < 1.29 is 17.5 Å². The molecule has 23 heavy (non-hydrogen) atoms. The molecular weight excluding hydrogens is 319 g/mol. The van der Waals surface area contributed by atoms with Crippen LogP contribution < -0.4 is 15.2 Å². The highest BCUT2D eigenvalue weighted by atomic mass is 32.2. The summed E-state index contributed by atoms with van der Waals surface area (Å²) in [5.41, 5.74) is 5.20. The van der Waals surface area contributed by atoms with Gasteiger partial charge in [-0.1, -0.05) is 19.3 Å². The van der Waals surface area contributed by atoms with Gasteiger partial charge in [0.1, 0.15) is 18.2 Å². The van der Waals surface area contributed by atoms with E-state index in [-0.39, 0.29) is 24.1 Å². The maximum atomic E-state index is 13.2. The Balaban J connectivity index is 1.96. The minimum absolute atomic E-state index is 0.0140. The summed E-state index contributed by atoms with van der Waals surface area (Å²) in [6.07, 6.45) is 6.27. The Morgan fingerprint density at radius 1 is 1.26 bits per heavy atom. The first kappa shape index (κ1) is 17.9. The number of rotatable bonds is 7. The molecule has 1 aromatic carbocycles. The number of ether oxygens (including phenoxy) is 1. The van der Waals surface area contributed by atoms with E-state index in [0.29, 0.717) is 5.75 Å². The lowest BCUT2D eigenvalue weighted by atomic mass is 9.96. The lowest BCUT2D eigenvalue weighted by Crippen LogP contribution is -2.36. The number of benzene rings is 1. The SMILES string of the molecule is NCC=C(F)COc1ccc(S(=O)(=O)NC2CCCCC2)cc1. The van der Waals surface area contributed by atoms with Gasteiger partial charge in [-0.15, -0.1) is 0 Å². The predicted octanol–water partition coefficient (Wildman–Crippen LogP) is 2.49. The Kier molecular flexibility index (Phi) is 6.56. The number of halogens is 1. The molecule has 0 aliphatic heterocycles. The summed E-state index contributed by atoms with van der Waals surface area (Å²) in [6, 6.07) is 5.98. The molecule has 128 valence electrons. The van der Waals surface area contributed by atoms with Crippen LogP contribution in [-0.4, -0.2) is 27.6 Å². The van der Waals surface area contributed by atoms with Crippen LogP contribution in [0.5, 0.6) is 5.75 Å². The van der Waals surface area contributed by atoms with E-state index < -0.39 is 15.9 Å². The summed E-state index contributed by atoms with van der Waals surface area (Å²) in [7, 11) is -3.52. The summed E-state index contributed by atoms with van der Waals surface area (Å²) in [6.45, 7) is -0.108. The average Bonchev–Trinajstić information content (AvgIpc) is 2.54. The van der Waals surface area contributed by atoms with E-state index >= 15 is 0 Å². The molecule has 5 nitrogen and oxygen atoms in total. The van der Waals surface area contributed by atoms with Gasteiger partial charge < -0.3 is 10.5 Å². The van der Waals surface area contributed by atoms with Crippen molar-refractivity contribution in [1.82, 2.24) is 4.72 Å². The Labute approximate surface area is 136 Å². The topological polar surface area (TPSA) is 81.4 Å². The number of nitrogens with two attached hydrogens (primary N) is 1. The third kappa shape index (κ3) is 5.60. The van der Waals surface area contributed by atoms with E-state index in [4.69, 9.17) is 10.5 Å². The number of sulfonamides is 1. The first-order valence-electron chi connectivity index (χ1n) is 7.81. The van der Waals surface area contributed by atoms with Crippen LogP contribution in [-0.2, 0) is 10.0 Å². The molecule has 7 heteroatoms. The first-order chi connectivity index (χ1) is 11.0. The van der Waals surface area contributed by atoms with Crippen LogP contribution >= 0.6 is 0 Å². The minimum atomic E-state index is -3.52. The van der Waals surface area contributed by atoms with Gasteiger partial charge in [0.2, 0.25) is 10.0 Å². The van der Waals surface area contributed by atoms with E-state index in [9.17, 15) is 12.8 Å². The lowest BCUT2D eigenvalue weighted by molar-refractivity contribution is 0.318. The molecule has 2 rings (SSSR count). The molecule has 0 aromatic heterocycles. The highest BCUT2D eigenvalue weighted by molar-refractivity contribution is 7.89. The van der Waals surface area contributed by atoms with E-state index in [1.54, 1.807) is 0 Å².